The number of aryl methyl sites for hydroxylation is 1. The third kappa shape index (κ3) is 2.19. The van der Waals surface area contributed by atoms with E-state index in [0.717, 1.165) is 11.5 Å². The van der Waals surface area contributed by atoms with Crippen molar-refractivity contribution in [3.8, 4) is 0 Å². The molecule has 1 aromatic rings. The predicted molar refractivity (Wildman–Crippen MR) is 58.7 cm³/mol. The number of anilines is 1. The summed E-state index contributed by atoms with van der Waals surface area (Å²) in [5.41, 5.74) is 1.12. The van der Waals surface area contributed by atoms with E-state index in [4.69, 9.17) is 0 Å². The average molecular weight is 207 g/mol. The Morgan fingerprint density at radius 2 is 2.20 bits per heavy atom. The summed E-state index contributed by atoms with van der Waals surface area (Å²) in [5, 5.41) is 7.23. The highest BCUT2D eigenvalue weighted by atomic mass is 16.1. The maximum absolute atomic E-state index is 10.9. The van der Waals surface area contributed by atoms with Crippen LogP contribution in [0.1, 0.15) is 44.2 Å². The maximum Gasteiger partial charge on any atom is 0.222 e. The molecule has 1 N–H and O–H groups in total. The Hall–Kier alpha value is -1.32. The number of hydrogen-bond donors (Lipinski definition) is 1. The van der Waals surface area contributed by atoms with E-state index in [0.29, 0.717) is 5.92 Å². The molecule has 1 aliphatic carbocycles. The van der Waals surface area contributed by atoms with Gasteiger partial charge in [0.15, 0.2) is 0 Å². The second kappa shape index (κ2) is 4.04. The Morgan fingerprint density at radius 1 is 1.53 bits per heavy atom. The van der Waals surface area contributed by atoms with E-state index >= 15 is 0 Å². The smallest absolute Gasteiger partial charge is 0.222 e. The zero-order valence-corrected chi connectivity index (χ0v) is 9.29. The topological polar surface area (TPSA) is 46.9 Å². The SMILES string of the molecule is CC(=O)Nc1cc(C2CCCC2)nn1C. The molecular formula is C11H17N3O. The third-order valence-electron chi connectivity index (χ3n) is 2.98. The summed E-state index contributed by atoms with van der Waals surface area (Å²) in [5.74, 6) is 1.35. The molecule has 2 rings (SSSR count). The van der Waals surface area contributed by atoms with Crippen molar-refractivity contribution in [1.29, 1.82) is 0 Å². The van der Waals surface area contributed by atoms with Gasteiger partial charge in [0.05, 0.1) is 5.69 Å². The van der Waals surface area contributed by atoms with Gasteiger partial charge in [-0.25, -0.2) is 0 Å². The highest BCUT2D eigenvalue weighted by molar-refractivity contribution is 5.87. The zero-order valence-electron chi connectivity index (χ0n) is 9.29. The molecule has 0 radical (unpaired) electrons. The first-order valence-corrected chi connectivity index (χ1v) is 5.48. The molecule has 1 saturated carbocycles. The van der Waals surface area contributed by atoms with Gasteiger partial charge in [0.2, 0.25) is 5.91 Å². The van der Waals surface area contributed by atoms with Gasteiger partial charge in [0.1, 0.15) is 5.82 Å². The van der Waals surface area contributed by atoms with E-state index in [-0.39, 0.29) is 5.91 Å². The summed E-state index contributed by atoms with van der Waals surface area (Å²) in [7, 11) is 1.86. The predicted octanol–water partition coefficient (Wildman–Crippen LogP) is 2.04. The van der Waals surface area contributed by atoms with E-state index in [1.807, 2.05) is 13.1 Å². The Bertz CT molecular complexity index is 364. The molecule has 1 heterocycles. The maximum atomic E-state index is 10.9. The van der Waals surface area contributed by atoms with E-state index in [1.165, 1.54) is 32.6 Å². The van der Waals surface area contributed by atoms with Crippen LogP contribution in [0.5, 0.6) is 0 Å². The molecule has 0 aliphatic heterocycles. The summed E-state index contributed by atoms with van der Waals surface area (Å²) in [6, 6.07) is 2.00. The van der Waals surface area contributed by atoms with Gasteiger partial charge in [-0.05, 0) is 12.8 Å². The molecule has 0 saturated heterocycles. The van der Waals surface area contributed by atoms with Crippen LogP contribution in [0.25, 0.3) is 0 Å². The van der Waals surface area contributed by atoms with Crippen LogP contribution < -0.4 is 5.32 Å². The lowest BCUT2D eigenvalue weighted by atomic mass is 10.0. The van der Waals surface area contributed by atoms with Crippen LogP contribution in [-0.4, -0.2) is 15.7 Å². The highest BCUT2D eigenvalue weighted by Crippen LogP contribution is 2.34. The lowest BCUT2D eigenvalue weighted by Crippen LogP contribution is -2.09. The minimum absolute atomic E-state index is 0.0454. The fourth-order valence-corrected chi connectivity index (χ4v) is 2.21. The van der Waals surface area contributed by atoms with Gasteiger partial charge in [-0.2, -0.15) is 5.10 Å². The summed E-state index contributed by atoms with van der Waals surface area (Å²) in [6.07, 6.45) is 5.07. The first-order chi connectivity index (χ1) is 7.16. The zero-order chi connectivity index (χ0) is 10.8. The molecule has 0 aromatic carbocycles. The first-order valence-electron chi connectivity index (χ1n) is 5.48. The van der Waals surface area contributed by atoms with Crippen LogP contribution in [-0.2, 0) is 11.8 Å². The molecule has 82 valence electrons. The lowest BCUT2D eigenvalue weighted by Gasteiger charge is -2.02. The molecule has 1 aliphatic rings. The molecule has 1 aromatic heterocycles. The van der Waals surface area contributed by atoms with Crippen molar-refractivity contribution < 1.29 is 4.79 Å². The van der Waals surface area contributed by atoms with Gasteiger partial charge < -0.3 is 5.32 Å². The van der Waals surface area contributed by atoms with Crippen LogP contribution in [0.3, 0.4) is 0 Å². The Labute approximate surface area is 89.7 Å². The van der Waals surface area contributed by atoms with Gasteiger partial charge in [-0.1, -0.05) is 12.8 Å². The number of rotatable bonds is 2. The molecule has 4 heteroatoms. The van der Waals surface area contributed by atoms with Crippen LogP contribution >= 0.6 is 0 Å². The molecule has 0 unspecified atom stereocenters. The second-order valence-electron chi connectivity index (χ2n) is 4.24. The van der Waals surface area contributed by atoms with E-state index in [9.17, 15) is 4.79 Å². The highest BCUT2D eigenvalue weighted by Gasteiger charge is 2.20. The summed E-state index contributed by atoms with van der Waals surface area (Å²) >= 11 is 0. The van der Waals surface area contributed by atoms with Crippen molar-refractivity contribution in [3.05, 3.63) is 11.8 Å². The number of nitrogens with one attached hydrogen (secondary N) is 1. The average Bonchev–Trinajstić information content (AvgIpc) is 2.75. The van der Waals surface area contributed by atoms with Crippen molar-refractivity contribution in [2.24, 2.45) is 7.05 Å². The minimum Gasteiger partial charge on any atom is -0.311 e. The molecule has 0 bridgehead atoms. The molecule has 4 nitrogen and oxygen atoms in total. The summed E-state index contributed by atoms with van der Waals surface area (Å²) in [4.78, 5) is 10.9. The number of hydrogen-bond acceptors (Lipinski definition) is 2. The van der Waals surface area contributed by atoms with Crippen molar-refractivity contribution in [2.75, 3.05) is 5.32 Å². The molecular weight excluding hydrogens is 190 g/mol. The molecule has 0 atom stereocenters. The quantitative estimate of drug-likeness (QED) is 0.806. The van der Waals surface area contributed by atoms with Crippen molar-refractivity contribution in [3.63, 3.8) is 0 Å². The van der Waals surface area contributed by atoms with Crippen LogP contribution in [0.2, 0.25) is 0 Å². The van der Waals surface area contributed by atoms with E-state index in [2.05, 4.69) is 10.4 Å². The number of aromatic nitrogens is 2. The van der Waals surface area contributed by atoms with Crippen molar-refractivity contribution in [1.82, 2.24) is 9.78 Å². The van der Waals surface area contributed by atoms with E-state index in [1.54, 1.807) is 4.68 Å². The van der Waals surface area contributed by atoms with Crippen molar-refractivity contribution in [2.45, 2.75) is 38.5 Å². The number of carbonyl (C=O) groups is 1. The van der Waals surface area contributed by atoms with Gasteiger partial charge in [0, 0.05) is 26.0 Å². The Balaban J connectivity index is 2.16. The molecule has 1 amide bonds. The van der Waals surface area contributed by atoms with Crippen LogP contribution in [0.15, 0.2) is 6.07 Å². The first kappa shape index (κ1) is 10.2. The lowest BCUT2D eigenvalue weighted by molar-refractivity contribution is -0.114. The fourth-order valence-electron chi connectivity index (χ4n) is 2.21. The summed E-state index contributed by atoms with van der Waals surface area (Å²) in [6.45, 7) is 1.52. The number of nitrogens with zero attached hydrogens (tertiary/aromatic N) is 2. The number of carbonyl (C=O) groups excluding carboxylic acids is 1. The molecule has 1 fully saturated rings. The van der Waals surface area contributed by atoms with Gasteiger partial charge in [-0.15, -0.1) is 0 Å². The Kier molecular flexibility index (Phi) is 2.75. The van der Waals surface area contributed by atoms with E-state index < -0.39 is 0 Å². The van der Waals surface area contributed by atoms with Crippen LogP contribution in [0.4, 0.5) is 5.82 Å². The van der Waals surface area contributed by atoms with Crippen LogP contribution in [0, 0.1) is 0 Å². The monoisotopic (exact) mass is 207 g/mol. The van der Waals surface area contributed by atoms with Gasteiger partial charge in [-0.3, -0.25) is 9.48 Å². The number of amides is 1. The molecule has 15 heavy (non-hydrogen) atoms. The van der Waals surface area contributed by atoms with Crippen molar-refractivity contribution >= 4 is 11.7 Å². The van der Waals surface area contributed by atoms with Gasteiger partial charge in [0.25, 0.3) is 0 Å². The normalized spacial score (nSPS) is 16.9. The largest absolute Gasteiger partial charge is 0.311 e. The van der Waals surface area contributed by atoms with Gasteiger partial charge >= 0.3 is 0 Å². The fraction of sp³-hybridized carbons (Fsp3) is 0.636. The third-order valence-corrected chi connectivity index (χ3v) is 2.98. The molecule has 0 spiro atoms. The summed E-state index contributed by atoms with van der Waals surface area (Å²) < 4.78 is 1.75. The Morgan fingerprint density at radius 3 is 2.80 bits per heavy atom. The standard InChI is InChI=1S/C11H17N3O/c1-8(15)12-11-7-10(13-14(11)2)9-5-3-4-6-9/h7,9H,3-6H2,1-2H3,(H,12,15). The second-order valence-corrected chi connectivity index (χ2v) is 4.24. The minimum atomic E-state index is -0.0454.